The molecule has 4 heteroatoms. The third-order valence-electron chi connectivity index (χ3n) is 3.36. The number of rotatable bonds is 8. The lowest BCUT2D eigenvalue weighted by Gasteiger charge is -2.25. The minimum absolute atomic E-state index is 0.0555. The van der Waals surface area contributed by atoms with E-state index in [0.29, 0.717) is 5.92 Å². The standard InChI is InChI=1S/C12H25NO3/c1-2-12(13,10-14)5-3-6-15-8-11-4-7-16-9-11/h11,14H,2-10,13H2,1H3. The Morgan fingerprint density at radius 2 is 2.38 bits per heavy atom. The van der Waals surface area contributed by atoms with Crippen molar-refractivity contribution in [2.45, 2.75) is 38.1 Å². The molecule has 0 radical (unpaired) electrons. The van der Waals surface area contributed by atoms with Gasteiger partial charge in [0.05, 0.1) is 19.8 Å². The van der Waals surface area contributed by atoms with Crippen LogP contribution in [-0.4, -0.2) is 43.7 Å². The van der Waals surface area contributed by atoms with Crippen LogP contribution in [0.3, 0.4) is 0 Å². The van der Waals surface area contributed by atoms with Crippen LogP contribution in [0.5, 0.6) is 0 Å². The van der Waals surface area contributed by atoms with Gasteiger partial charge in [-0.1, -0.05) is 6.92 Å². The first-order valence-corrected chi connectivity index (χ1v) is 6.25. The van der Waals surface area contributed by atoms with E-state index < -0.39 is 5.54 Å². The predicted octanol–water partition coefficient (Wildman–Crippen LogP) is 0.919. The van der Waals surface area contributed by atoms with Crippen LogP contribution in [0.25, 0.3) is 0 Å². The number of aliphatic hydroxyl groups excluding tert-OH is 1. The third-order valence-corrected chi connectivity index (χ3v) is 3.36. The molecule has 1 aliphatic rings. The van der Waals surface area contributed by atoms with Crippen molar-refractivity contribution in [3.63, 3.8) is 0 Å². The van der Waals surface area contributed by atoms with Gasteiger partial charge in [0.1, 0.15) is 0 Å². The normalized spacial score (nSPS) is 24.6. The Hall–Kier alpha value is -0.160. The second-order valence-electron chi connectivity index (χ2n) is 4.78. The molecule has 1 saturated heterocycles. The van der Waals surface area contributed by atoms with E-state index in [9.17, 15) is 0 Å². The lowest BCUT2D eigenvalue weighted by Crippen LogP contribution is -2.43. The highest BCUT2D eigenvalue weighted by atomic mass is 16.5. The molecule has 0 amide bonds. The average Bonchev–Trinajstić information content (AvgIpc) is 2.81. The SMILES string of the molecule is CCC(N)(CO)CCCOCC1CCOC1. The molecule has 0 aromatic carbocycles. The van der Waals surface area contributed by atoms with Crippen LogP contribution in [-0.2, 0) is 9.47 Å². The molecule has 1 heterocycles. The van der Waals surface area contributed by atoms with Gasteiger partial charge in [-0.05, 0) is 25.7 Å². The largest absolute Gasteiger partial charge is 0.394 e. The summed E-state index contributed by atoms with van der Waals surface area (Å²) in [5, 5.41) is 9.13. The molecular formula is C12H25NO3. The van der Waals surface area contributed by atoms with Crippen LogP contribution in [0.15, 0.2) is 0 Å². The number of ether oxygens (including phenoxy) is 2. The highest BCUT2D eigenvalue weighted by Gasteiger charge is 2.21. The zero-order valence-corrected chi connectivity index (χ0v) is 10.3. The van der Waals surface area contributed by atoms with E-state index >= 15 is 0 Å². The highest BCUT2D eigenvalue weighted by Crippen LogP contribution is 2.15. The zero-order chi connectivity index (χ0) is 11.9. The smallest absolute Gasteiger partial charge is 0.0611 e. The van der Waals surface area contributed by atoms with Crippen LogP contribution < -0.4 is 5.73 Å². The van der Waals surface area contributed by atoms with Crippen molar-refractivity contribution in [2.75, 3.05) is 33.0 Å². The molecule has 4 nitrogen and oxygen atoms in total. The molecule has 0 aromatic heterocycles. The lowest BCUT2D eigenvalue weighted by atomic mass is 9.93. The van der Waals surface area contributed by atoms with Crippen LogP contribution in [0.4, 0.5) is 0 Å². The van der Waals surface area contributed by atoms with Gasteiger partial charge >= 0.3 is 0 Å². The summed E-state index contributed by atoms with van der Waals surface area (Å²) in [6.45, 7) is 5.30. The molecule has 1 fully saturated rings. The molecule has 2 unspecified atom stereocenters. The molecule has 1 aliphatic heterocycles. The fourth-order valence-corrected chi connectivity index (χ4v) is 1.86. The first kappa shape index (κ1) is 13.9. The first-order chi connectivity index (χ1) is 7.70. The van der Waals surface area contributed by atoms with Gasteiger partial charge in [0.2, 0.25) is 0 Å². The number of nitrogens with two attached hydrogens (primary N) is 1. The number of aliphatic hydroxyl groups is 1. The van der Waals surface area contributed by atoms with Gasteiger partial charge in [0.15, 0.2) is 0 Å². The topological polar surface area (TPSA) is 64.7 Å². The summed E-state index contributed by atoms with van der Waals surface area (Å²) in [6.07, 6.45) is 3.66. The second-order valence-corrected chi connectivity index (χ2v) is 4.78. The maximum absolute atomic E-state index is 9.13. The van der Waals surface area contributed by atoms with Crippen LogP contribution in [0.1, 0.15) is 32.6 Å². The second kappa shape index (κ2) is 7.22. The molecule has 96 valence electrons. The van der Waals surface area contributed by atoms with Crippen molar-refractivity contribution in [1.82, 2.24) is 0 Å². The molecule has 16 heavy (non-hydrogen) atoms. The first-order valence-electron chi connectivity index (χ1n) is 6.25. The van der Waals surface area contributed by atoms with E-state index in [1.807, 2.05) is 6.92 Å². The molecule has 2 atom stereocenters. The summed E-state index contributed by atoms with van der Waals surface area (Å²) in [5.41, 5.74) is 5.56. The van der Waals surface area contributed by atoms with E-state index in [1.165, 1.54) is 0 Å². The minimum Gasteiger partial charge on any atom is -0.394 e. The van der Waals surface area contributed by atoms with E-state index in [4.69, 9.17) is 20.3 Å². The van der Waals surface area contributed by atoms with Crippen LogP contribution in [0.2, 0.25) is 0 Å². The fraction of sp³-hybridized carbons (Fsp3) is 1.00. The van der Waals surface area contributed by atoms with Crippen molar-refractivity contribution in [3.8, 4) is 0 Å². The lowest BCUT2D eigenvalue weighted by molar-refractivity contribution is 0.0802. The zero-order valence-electron chi connectivity index (χ0n) is 10.3. The summed E-state index contributed by atoms with van der Waals surface area (Å²) in [6, 6.07) is 0. The Morgan fingerprint density at radius 1 is 1.56 bits per heavy atom. The van der Waals surface area contributed by atoms with E-state index in [1.54, 1.807) is 0 Å². The monoisotopic (exact) mass is 231 g/mol. The summed E-state index contributed by atoms with van der Waals surface area (Å²) in [7, 11) is 0. The van der Waals surface area contributed by atoms with Crippen molar-refractivity contribution >= 4 is 0 Å². The minimum atomic E-state index is -0.417. The summed E-state index contributed by atoms with van der Waals surface area (Å²) in [4.78, 5) is 0. The fourth-order valence-electron chi connectivity index (χ4n) is 1.86. The molecule has 0 bridgehead atoms. The Balaban J connectivity index is 1.98. The van der Waals surface area contributed by atoms with Gasteiger partial charge in [-0.2, -0.15) is 0 Å². The molecule has 0 aliphatic carbocycles. The van der Waals surface area contributed by atoms with E-state index in [2.05, 4.69) is 0 Å². The van der Waals surface area contributed by atoms with Gasteiger partial charge in [-0.15, -0.1) is 0 Å². The molecular weight excluding hydrogens is 206 g/mol. The van der Waals surface area contributed by atoms with Crippen molar-refractivity contribution in [2.24, 2.45) is 11.7 Å². The van der Waals surface area contributed by atoms with Crippen LogP contribution in [0, 0.1) is 5.92 Å². The Morgan fingerprint density at radius 3 is 2.94 bits per heavy atom. The molecule has 0 aromatic rings. The highest BCUT2D eigenvalue weighted by molar-refractivity contribution is 4.81. The maximum Gasteiger partial charge on any atom is 0.0611 e. The van der Waals surface area contributed by atoms with Crippen molar-refractivity contribution in [3.05, 3.63) is 0 Å². The maximum atomic E-state index is 9.13. The van der Waals surface area contributed by atoms with Gasteiger partial charge < -0.3 is 20.3 Å². The number of hydrogen-bond acceptors (Lipinski definition) is 4. The number of hydrogen-bond donors (Lipinski definition) is 2. The summed E-state index contributed by atoms with van der Waals surface area (Å²) in [5.74, 6) is 0.576. The summed E-state index contributed by atoms with van der Waals surface area (Å²) >= 11 is 0. The van der Waals surface area contributed by atoms with E-state index in [-0.39, 0.29) is 6.61 Å². The van der Waals surface area contributed by atoms with Crippen LogP contribution >= 0.6 is 0 Å². The quantitative estimate of drug-likeness (QED) is 0.610. The Labute approximate surface area is 98.1 Å². The molecule has 0 saturated carbocycles. The van der Waals surface area contributed by atoms with E-state index in [0.717, 1.165) is 52.1 Å². The third kappa shape index (κ3) is 4.78. The average molecular weight is 231 g/mol. The summed E-state index contributed by atoms with van der Waals surface area (Å²) < 4.78 is 10.9. The van der Waals surface area contributed by atoms with Gasteiger partial charge in [-0.3, -0.25) is 0 Å². The molecule has 0 spiro atoms. The Bertz CT molecular complexity index is 177. The van der Waals surface area contributed by atoms with Crippen molar-refractivity contribution < 1.29 is 14.6 Å². The van der Waals surface area contributed by atoms with Gasteiger partial charge in [0.25, 0.3) is 0 Å². The van der Waals surface area contributed by atoms with Gasteiger partial charge in [0, 0.05) is 24.7 Å². The van der Waals surface area contributed by atoms with Gasteiger partial charge in [-0.25, -0.2) is 0 Å². The Kier molecular flexibility index (Phi) is 6.28. The van der Waals surface area contributed by atoms with Crippen molar-refractivity contribution in [1.29, 1.82) is 0 Å². The predicted molar refractivity (Wildman–Crippen MR) is 63.3 cm³/mol. The molecule has 1 rings (SSSR count). The molecule has 3 N–H and O–H groups in total.